The number of benzene rings is 1. The predicted octanol–water partition coefficient (Wildman–Crippen LogP) is 3.09. The summed E-state index contributed by atoms with van der Waals surface area (Å²) in [5, 5.41) is 6.97. The second-order valence-corrected chi connectivity index (χ2v) is 5.77. The number of para-hydroxylation sites is 1. The number of hydrogen-bond acceptors (Lipinski definition) is 4. The normalized spacial score (nSPS) is 10.5. The third-order valence-electron chi connectivity index (χ3n) is 3.08. The summed E-state index contributed by atoms with van der Waals surface area (Å²) in [7, 11) is 1.64. The van der Waals surface area contributed by atoms with Gasteiger partial charge >= 0.3 is 0 Å². The van der Waals surface area contributed by atoms with E-state index in [0.717, 1.165) is 10.2 Å². The molecule has 0 unspecified atom stereocenters. The van der Waals surface area contributed by atoms with Gasteiger partial charge in [0, 0.05) is 19.7 Å². The largest absolute Gasteiger partial charge is 0.492 e. The van der Waals surface area contributed by atoms with Gasteiger partial charge in [0.25, 0.3) is 0 Å². The second kappa shape index (κ2) is 9.32. The molecule has 0 aliphatic rings. The lowest BCUT2D eigenvalue weighted by atomic mass is 10.3. The molecule has 2 rings (SSSR count). The fourth-order valence-corrected chi connectivity index (χ4v) is 2.33. The van der Waals surface area contributed by atoms with Crippen molar-refractivity contribution in [1.82, 2.24) is 9.78 Å². The van der Waals surface area contributed by atoms with Crippen LogP contribution in [-0.4, -0.2) is 36.0 Å². The van der Waals surface area contributed by atoms with Gasteiger partial charge in [0.1, 0.15) is 5.75 Å². The predicted molar refractivity (Wildman–Crippen MR) is 91.6 cm³/mol. The minimum absolute atomic E-state index is 0.0491. The number of amides is 1. The van der Waals surface area contributed by atoms with Crippen molar-refractivity contribution < 1.29 is 14.3 Å². The number of anilines is 1. The van der Waals surface area contributed by atoms with Gasteiger partial charge in [-0.2, -0.15) is 5.10 Å². The van der Waals surface area contributed by atoms with Crippen molar-refractivity contribution in [2.45, 2.75) is 19.4 Å². The smallest absolute Gasteiger partial charge is 0.224 e. The zero-order valence-corrected chi connectivity index (χ0v) is 14.6. The Morgan fingerprint density at radius 1 is 1.35 bits per heavy atom. The maximum atomic E-state index is 11.9. The zero-order valence-electron chi connectivity index (χ0n) is 13.0. The Bertz CT molecular complexity index is 631. The van der Waals surface area contributed by atoms with Gasteiger partial charge in [0.05, 0.1) is 36.1 Å². The summed E-state index contributed by atoms with van der Waals surface area (Å²) in [4.78, 5) is 11.9. The Hall–Kier alpha value is -1.86. The first-order valence-electron chi connectivity index (χ1n) is 7.37. The second-order valence-electron chi connectivity index (χ2n) is 4.92. The molecule has 1 aromatic carbocycles. The maximum absolute atomic E-state index is 11.9. The topological polar surface area (TPSA) is 65.4 Å². The highest BCUT2D eigenvalue weighted by molar-refractivity contribution is 9.10. The van der Waals surface area contributed by atoms with Crippen LogP contribution in [0.4, 0.5) is 5.69 Å². The van der Waals surface area contributed by atoms with Gasteiger partial charge in [-0.1, -0.05) is 12.1 Å². The summed E-state index contributed by atoms with van der Waals surface area (Å²) in [6.45, 7) is 1.73. The van der Waals surface area contributed by atoms with E-state index in [4.69, 9.17) is 9.47 Å². The van der Waals surface area contributed by atoms with Gasteiger partial charge < -0.3 is 14.8 Å². The average molecular weight is 382 g/mol. The number of rotatable bonds is 9. The monoisotopic (exact) mass is 381 g/mol. The molecule has 1 aromatic heterocycles. The number of halogens is 1. The van der Waals surface area contributed by atoms with Gasteiger partial charge in [-0.05, 0) is 34.5 Å². The molecular weight excluding hydrogens is 362 g/mol. The summed E-state index contributed by atoms with van der Waals surface area (Å²) in [6, 6.07) is 7.65. The van der Waals surface area contributed by atoms with Gasteiger partial charge in [0.2, 0.25) is 5.91 Å². The lowest BCUT2D eigenvalue weighted by Gasteiger charge is -2.07. The van der Waals surface area contributed by atoms with E-state index in [9.17, 15) is 4.79 Å². The molecule has 1 amide bonds. The third kappa shape index (κ3) is 6.03. The molecule has 7 heteroatoms. The van der Waals surface area contributed by atoms with Crippen molar-refractivity contribution in [3.63, 3.8) is 0 Å². The van der Waals surface area contributed by atoms with Crippen LogP contribution in [0.5, 0.6) is 5.75 Å². The molecule has 1 heterocycles. The molecule has 1 N–H and O–H groups in total. The number of ether oxygens (including phenoxy) is 2. The minimum atomic E-state index is -0.0491. The van der Waals surface area contributed by atoms with E-state index in [0.29, 0.717) is 38.3 Å². The van der Waals surface area contributed by atoms with Crippen molar-refractivity contribution in [2.24, 2.45) is 0 Å². The van der Waals surface area contributed by atoms with Crippen LogP contribution in [0.3, 0.4) is 0 Å². The lowest BCUT2D eigenvalue weighted by Crippen LogP contribution is -2.12. The Morgan fingerprint density at radius 3 is 2.96 bits per heavy atom. The third-order valence-corrected chi connectivity index (χ3v) is 3.74. The molecule has 23 heavy (non-hydrogen) atoms. The van der Waals surface area contributed by atoms with Gasteiger partial charge in [-0.15, -0.1) is 0 Å². The molecule has 6 nitrogen and oxygen atoms in total. The van der Waals surface area contributed by atoms with Gasteiger partial charge in [0.15, 0.2) is 0 Å². The summed E-state index contributed by atoms with van der Waals surface area (Å²) in [5.41, 5.74) is 0.692. The fourth-order valence-electron chi connectivity index (χ4n) is 1.94. The molecule has 0 spiro atoms. The highest BCUT2D eigenvalue weighted by Gasteiger charge is 2.05. The van der Waals surface area contributed by atoms with Crippen LogP contribution >= 0.6 is 15.9 Å². The van der Waals surface area contributed by atoms with Crippen LogP contribution in [0, 0.1) is 0 Å². The summed E-state index contributed by atoms with van der Waals surface area (Å²) in [5.74, 6) is 0.736. The van der Waals surface area contributed by atoms with E-state index in [1.807, 2.05) is 24.3 Å². The van der Waals surface area contributed by atoms with E-state index >= 15 is 0 Å². The number of methoxy groups -OCH3 is 1. The molecule has 124 valence electrons. The number of nitrogens with zero attached hydrogens (tertiary/aromatic N) is 2. The van der Waals surface area contributed by atoms with Crippen LogP contribution < -0.4 is 10.1 Å². The first kappa shape index (κ1) is 17.5. The molecular formula is C16H20BrN3O3. The highest BCUT2D eigenvalue weighted by Crippen LogP contribution is 2.23. The Balaban J connectivity index is 1.67. The van der Waals surface area contributed by atoms with Crippen molar-refractivity contribution in [3.05, 3.63) is 41.1 Å². The zero-order chi connectivity index (χ0) is 16.5. The number of nitrogens with one attached hydrogen (secondary N) is 1. The van der Waals surface area contributed by atoms with Gasteiger partial charge in [-0.3, -0.25) is 9.48 Å². The highest BCUT2D eigenvalue weighted by atomic mass is 79.9. The first-order chi connectivity index (χ1) is 11.2. The summed E-state index contributed by atoms with van der Waals surface area (Å²) in [6.07, 6.45) is 4.46. The first-order valence-corrected chi connectivity index (χ1v) is 8.17. The maximum Gasteiger partial charge on any atom is 0.224 e. The van der Waals surface area contributed by atoms with E-state index in [1.54, 1.807) is 24.2 Å². The molecule has 0 bridgehead atoms. The Morgan fingerprint density at radius 2 is 2.17 bits per heavy atom. The Labute approximate surface area is 143 Å². The van der Waals surface area contributed by atoms with Crippen molar-refractivity contribution in [1.29, 1.82) is 0 Å². The van der Waals surface area contributed by atoms with E-state index in [2.05, 4.69) is 26.3 Å². The number of carbonyl (C=O) groups is 1. The number of carbonyl (C=O) groups excluding carboxylic acids is 1. The standard InChI is InChI=1S/C16H20BrN3O3/c1-22-10-8-20-12-13(11-18-20)19-16(21)7-4-9-23-15-6-3-2-5-14(15)17/h2-3,5-6,11-12H,4,7-10H2,1H3,(H,19,21). The van der Waals surface area contributed by atoms with Crippen LogP contribution in [0.15, 0.2) is 41.1 Å². The molecule has 0 radical (unpaired) electrons. The average Bonchev–Trinajstić information content (AvgIpc) is 2.98. The van der Waals surface area contributed by atoms with Crippen molar-refractivity contribution in [2.75, 3.05) is 25.6 Å². The molecule has 0 aliphatic carbocycles. The van der Waals surface area contributed by atoms with Crippen LogP contribution in [-0.2, 0) is 16.1 Å². The number of aromatic nitrogens is 2. The summed E-state index contributed by atoms with van der Waals surface area (Å²) >= 11 is 3.42. The van der Waals surface area contributed by atoms with Crippen molar-refractivity contribution in [3.8, 4) is 5.75 Å². The van der Waals surface area contributed by atoms with Crippen molar-refractivity contribution >= 4 is 27.5 Å². The summed E-state index contributed by atoms with van der Waals surface area (Å²) < 4.78 is 13.3. The lowest BCUT2D eigenvalue weighted by molar-refractivity contribution is -0.116. The Kier molecular flexibility index (Phi) is 7.09. The molecule has 0 saturated carbocycles. The molecule has 0 aliphatic heterocycles. The quantitative estimate of drug-likeness (QED) is 0.677. The molecule has 0 fully saturated rings. The van der Waals surface area contributed by atoms with E-state index < -0.39 is 0 Å². The molecule has 0 atom stereocenters. The van der Waals surface area contributed by atoms with Crippen LogP contribution in [0.1, 0.15) is 12.8 Å². The van der Waals surface area contributed by atoms with E-state index in [-0.39, 0.29) is 5.91 Å². The number of hydrogen-bond donors (Lipinski definition) is 1. The fraction of sp³-hybridized carbons (Fsp3) is 0.375. The minimum Gasteiger partial charge on any atom is -0.492 e. The van der Waals surface area contributed by atoms with E-state index in [1.165, 1.54) is 0 Å². The van der Waals surface area contributed by atoms with Gasteiger partial charge in [-0.25, -0.2) is 0 Å². The van der Waals surface area contributed by atoms with Crippen LogP contribution in [0.2, 0.25) is 0 Å². The van der Waals surface area contributed by atoms with Crippen LogP contribution in [0.25, 0.3) is 0 Å². The molecule has 0 saturated heterocycles. The SMILES string of the molecule is COCCn1cc(NC(=O)CCCOc2ccccc2Br)cn1. The molecule has 2 aromatic rings.